The second-order valence-electron chi connectivity index (χ2n) is 6.54. The maximum atomic E-state index is 12.6. The first kappa shape index (κ1) is 17.0. The van der Waals surface area contributed by atoms with Crippen LogP contribution in [0.2, 0.25) is 0 Å². The number of carbonyl (C=O) groups is 1. The lowest BCUT2D eigenvalue weighted by Crippen LogP contribution is -2.38. The van der Waals surface area contributed by atoms with Crippen molar-refractivity contribution in [3.63, 3.8) is 0 Å². The van der Waals surface area contributed by atoms with Gasteiger partial charge in [-0.2, -0.15) is 4.52 Å². The summed E-state index contributed by atoms with van der Waals surface area (Å²) in [4.78, 5) is 14.8. The van der Waals surface area contributed by atoms with Crippen molar-refractivity contribution < 1.29 is 4.79 Å². The van der Waals surface area contributed by atoms with E-state index in [0.29, 0.717) is 0 Å². The van der Waals surface area contributed by atoms with Gasteiger partial charge < -0.3 is 10.2 Å². The second-order valence-corrected chi connectivity index (χ2v) is 7.39. The van der Waals surface area contributed by atoms with Crippen molar-refractivity contribution in [2.75, 3.05) is 23.3 Å². The highest BCUT2D eigenvalue weighted by atomic mass is 79.9. The molecule has 1 aliphatic heterocycles. The molecule has 4 rings (SSSR count). The molecule has 2 aromatic heterocycles. The molecule has 1 N–H and O–H groups in total. The molecular weight excluding hydrogens is 396 g/mol. The first-order chi connectivity index (χ1) is 12.6. The Morgan fingerprint density at radius 2 is 2.04 bits per heavy atom. The number of piperidine rings is 1. The number of nitrogens with zero attached hydrogens (tertiary/aromatic N) is 5. The van der Waals surface area contributed by atoms with Gasteiger partial charge in [0.15, 0.2) is 5.65 Å². The summed E-state index contributed by atoms with van der Waals surface area (Å²) in [6.45, 7) is 3.63. The Bertz CT molecular complexity index is 948. The number of benzene rings is 1. The molecule has 1 aliphatic rings. The van der Waals surface area contributed by atoms with Crippen LogP contribution in [0.15, 0.2) is 41.1 Å². The van der Waals surface area contributed by atoms with Crippen molar-refractivity contribution in [3.8, 4) is 0 Å². The molecule has 26 heavy (non-hydrogen) atoms. The van der Waals surface area contributed by atoms with Crippen LogP contribution in [0.4, 0.5) is 11.5 Å². The SMILES string of the molecule is Cc1ccc(NC(=O)C2CCN(c3ccc4nncn4n3)CC2)cc1Br. The van der Waals surface area contributed by atoms with Crippen LogP contribution in [-0.4, -0.2) is 38.8 Å². The molecule has 0 atom stereocenters. The van der Waals surface area contributed by atoms with Gasteiger partial charge >= 0.3 is 0 Å². The van der Waals surface area contributed by atoms with E-state index in [-0.39, 0.29) is 11.8 Å². The largest absolute Gasteiger partial charge is 0.355 e. The third-order valence-electron chi connectivity index (χ3n) is 4.78. The number of aryl methyl sites for hydroxylation is 1. The standard InChI is InChI=1S/C18H19BrN6O/c1-12-2-3-14(10-15(12)19)21-18(26)13-6-8-24(9-7-13)17-5-4-16-22-20-11-25(16)23-17/h2-5,10-11,13H,6-9H2,1H3,(H,21,26). The minimum atomic E-state index is 0.0185. The Morgan fingerprint density at radius 1 is 1.23 bits per heavy atom. The van der Waals surface area contributed by atoms with Gasteiger partial charge in [-0.3, -0.25) is 4.79 Å². The zero-order chi connectivity index (χ0) is 18.1. The van der Waals surface area contributed by atoms with Crippen molar-refractivity contribution in [2.24, 2.45) is 5.92 Å². The molecule has 0 radical (unpaired) electrons. The first-order valence-corrected chi connectivity index (χ1v) is 9.38. The summed E-state index contributed by atoms with van der Waals surface area (Å²) in [7, 11) is 0. The van der Waals surface area contributed by atoms with E-state index < -0.39 is 0 Å². The average Bonchev–Trinajstić information content (AvgIpc) is 3.12. The van der Waals surface area contributed by atoms with Gasteiger partial charge in [-0.15, -0.1) is 15.3 Å². The normalized spacial score (nSPS) is 15.4. The highest BCUT2D eigenvalue weighted by Gasteiger charge is 2.26. The molecule has 0 saturated carbocycles. The molecule has 0 unspecified atom stereocenters. The Hall–Kier alpha value is -2.48. The maximum Gasteiger partial charge on any atom is 0.227 e. The van der Waals surface area contributed by atoms with Gasteiger partial charge in [0.1, 0.15) is 12.1 Å². The fraction of sp³-hybridized carbons (Fsp3) is 0.333. The molecule has 7 nitrogen and oxygen atoms in total. The van der Waals surface area contributed by atoms with Gasteiger partial charge in [0.25, 0.3) is 0 Å². The number of fused-ring (bicyclic) bond motifs is 1. The minimum absolute atomic E-state index is 0.0185. The molecule has 1 fully saturated rings. The van der Waals surface area contributed by atoms with E-state index in [2.05, 4.69) is 41.4 Å². The molecule has 3 aromatic rings. The summed E-state index contributed by atoms with van der Waals surface area (Å²) in [6, 6.07) is 9.73. The van der Waals surface area contributed by atoms with Crippen LogP contribution >= 0.6 is 15.9 Å². The predicted molar refractivity (Wildman–Crippen MR) is 103 cm³/mol. The van der Waals surface area contributed by atoms with Crippen molar-refractivity contribution in [3.05, 3.63) is 46.7 Å². The topological polar surface area (TPSA) is 75.4 Å². The number of aromatic nitrogens is 4. The van der Waals surface area contributed by atoms with Gasteiger partial charge in [0.05, 0.1) is 0 Å². The quantitative estimate of drug-likeness (QED) is 0.712. The van der Waals surface area contributed by atoms with Crippen LogP contribution in [-0.2, 0) is 4.79 Å². The Balaban J connectivity index is 1.37. The summed E-state index contributed by atoms with van der Waals surface area (Å²) in [5, 5.41) is 15.4. The number of hydrogen-bond acceptors (Lipinski definition) is 5. The number of anilines is 2. The fourth-order valence-corrected chi connectivity index (χ4v) is 3.55. The van der Waals surface area contributed by atoms with Gasteiger partial charge in [0, 0.05) is 29.2 Å². The van der Waals surface area contributed by atoms with Crippen molar-refractivity contribution >= 4 is 39.0 Å². The van der Waals surface area contributed by atoms with Crippen LogP contribution < -0.4 is 10.2 Å². The highest BCUT2D eigenvalue weighted by molar-refractivity contribution is 9.10. The van der Waals surface area contributed by atoms with Crippen molar-refractivity contribution in [1.82, 2.24) is 19.8 Å². The molecule has 1 aromatic carbocycles. The van der Waals surface area contributed by atoms with Gasteiger partial charge in [-0.05, 0) is 49.6 Å². The van der Waals surface area contributed by atoms with Crippen LogP contribution in [0.5, 0.6) is 0 Å². The van der Waals surface area contributed by atoms with E-state index in [1.807, 2.05) is 37.3 Å². The van der Waals surface area contributed by atoms with E-state index in [1.54, 1.807) is 10.8 Å². The van der Waals surface area contributed by atoms with Crippen molar-refractivity contribution in [2.45, 2.75) is 19.8 Å². The Labute approximate surface area is 159 Å². The third-order valence-corrected chi connectivity index (χ3v) is 5.63. The van der Waals surface area contributed by atoms with Crippen LogP contribution in [0.3, 0.4) is 0 Å². The fourth-order valence-electron chi connectivity index (χ4n) is 3.17. The molecule has 0 aliphatic carbocycles. The lowest BCUT2D eigenvalue weighted by molar-refractivity contribution is -0.120. The van der Waals surface area contributed by atoms with E-state index in [1.165, 1.54) is 0 Å². The molecule has 1 saturated heterocycles. The molecule has 8 heteroatoms. The zero-order valence-electron chi connectivity index (χ0n) is 14.4. The summed E-state index contributed by atoms with van der Waals surface area (Å²) >= 11 is 3.50. The molecule has 0 bridgehead atoms. The van der Waals surface area contributed by atoms with Gasteiger partial charge in [-0.1, -0.05) is 22.0 Å². The lowest BCUT2D eigenvalue weighted by atomic mass is 9.96. The van der Waals surface area contributed by atoms with E-state index in [4.69, 9.17) is 0 Å². The first-order valence-electron chi connectivity index (χ1n) is 8.59. The second kappa shape index (κ2) is 7.03. The summed E-state index contributed by atoms with van der Waals surface area (Å²) in [5.74, 6) is 0.992. The summed E-state index contributed by atoms with van der Waals surface area (Å²) < 4.78 is 2.67. The smallest absolute Gasteiger partial charge is 0.227 e. The molecular formula is C18H19BrN6O. The van der Waals surface area contributed by atoms with E-state index in [9.17, 15) is 4.79 Å². The predicted octanol–water partition coefficient (Wildman–Crippen LogP) is 3.05. The number of amides is 1. The van der Waals surface area contributed by atoms with Crippen molar-refractivity contribution in [1.29, 1.82) is 0 Å². The van der Waals surface area contributed by atoms with Gasteiger partial charge in [-0.25, -0.2) is 0 Å². The maximum absolute atomic E-state index is 12.6. The lowest BCUT2D eigenvalue weighted by Gasteiger charge is -2.32. The monoisotopic (exact) mass is 414 g/mol. The zero-order valence-corrected chi connectivity index (χ0v) is 16.0. The molecule has 3 heterocycles. The number of nitrogens with one attached hydrogen (secondary N) is 1. The van der Waals surface area contributed by atoms with E-state index >= 15 is 0 Å². The highest BCUT2D eigenvalue weighted by Crippen LogP contribution is 2.25. The summed E-state index contributed by atoms with van der Waals surface area (Å²) in [5.41, 5.74) is 2.70. The van der Waals surface area contributed by atoms with Crippen LogP contribution in [0, 0.1) is 12.8 Å². The molecule has 1 amide bonds. The number of hydrogen-bond donors (Lipinski definition) is 1. The third kappa shape index (κ3) is 3.41. The van der Waals surface area contributed by atoms with Gasteiger partial charge in [0.2, 0.25) is 5.91 Å². The molecule has 134 valence electrons. The Morgan fingerprint density at radius 3 is 2.81 bits per heavy atom. The van der Waals surface area contributed by atoms with E-state index in [0.717, 1.165) is 53.1 Å². The minimum Gasteiger partial charge on any atom is -0.355 e. The number of carbonyl (C=O) groups excluding carboxylic acids is 1. The van der Waals surface area contributed by atoms with Crippen LogP contribution in [0.25, 0.3) is 5.65 Å². The number of rotatable bonds is 3. The average molecular weight is 415 g/mol. The van der Waals surface area contributed by atoms with Crippen LogP contribution in [0.1, 0.15) is 18.4 Å². The molecule has 0 spiro atoms. The Kier molecular flexibility index (Phi) is 4.58. The summed E-state index contributed by atoms with van der Waals surface area (Å²) in [6.07, 6.45) is 3.21. The number of halogens is 1.